The molecule has 9 heteroatoms. The van der Waals surface area contributed by atoms with Gasteiger partial charge in [-0.3, -0.25) is 19.2 Å². The number of hydrogen-bond acceptors (Lipinski definition) is 6. The fourth-order valence-corrected chi connectivity index (χ4v) is 5.69. The summed E-state index contributed by atoms with van der Waals surface area (Å²) in [5, 5.41) is 5.75. The molecule has 2 aliphatic rings. The predicted octanol–water partition coefficient (Wildman–Crippen LogP) is 2.38. The number of aryl methyl sites for hydroxylation is 2. The lowest BCUT2D eigenvalue weighted by atomic mass is 10.1. The number of fused-ring (bicyclic) bond motifs is 1. The lowest BCUT2D eigenvalue weighted by molar-refractivity contribution is -0.134. The number of amides is 2. The van der Waals surface area contributed by atoms with Crippen molar-refractivity contribution in [3.05, 3.63) is 52.0 Å². The van der Waals surface area contributed by atoms with Crippen molar-refractivity contribution in [3.63, 3.8) is 0 Å². The smallest absolute Gasteiger partial charge is 0.264 e. The van der Waals surface area contributed by atoms with Crippen LogP contribution in [0.3, 0.4) is 0 Å². The molecule has 0 N–H and O–H groups in total. The number of benzene rings is 1. The summed E-state index contributed by atoms with van der Waals surface area (Å²) >= 11 is 1.51. The summed E-state index contributed by atoms with van der Waals surface area (Å²) in [5.41, 5.74) is 3.36. The van der Waals surface area contributed by atoms with Gasteiger partial charge in [0.25, 0.3) is 5.91 Å². The molecule has 2 fully saturated rings. The lowest BCUT2D eigenvalue weighted by Gasteiger charge is -2.36. The number of piperazine rings is 1. The zero-order valence-electron chi connectivity index (χ0n) is 19.8. The quantitative estimate of drug-likeness (QED) is 0.560. The van der Waals surface area contributed by atoms with E-state index in [1.165, 1.54) is 22.5 Å². The van der Waals surface area contributed by atoms with Gasteiger partial charge >= 0.3 is 0 Å². The van der Waals surface area contributed by atoms with Crippen LogP contribution in [0.15, 0.2) is 30.3 Å². The van der Waals surface area contributed by atoms with Crippen LogP contribution in [-0.4, -0.2) is 95.3 Å². The first kappa shape index (κ1) is 23.0. The number of ether oxygens (including phenoxy) is 1. The van der Waals surface area contributed by atoms with Crippen molar-refractivity contribution in [3.8, 4) is 0 Å². The van der Waals surface area contributed by atoms with E-state index in [9.17, 15) is 9.59 Å². The van der Waals surface area contributed by atoms with E-state index in [1.807, 2.05) is 27.5 Å². The Morgan fingerprint density at radius 2 is 1.65 bits per heavy atom. The van der Waals surface area contributed by atoms with Gasteiger partial charge in [-0.1, -0.05) is 29.8 Å². The third kappa shape index (κ3) is 4.87. The number of rotatable bonds is 5. The van der Waals surface area contributed by atoms with Crippen LogP contribution >= 0.6 is 11.3 Å². The maximum absolute atomic E-state index is 13.3. The lowest BCUT2D eigenvalue weighted by Crippen LogP contribution is -2.53. The van der Waals surface area contributed by atoms with E-state index in [2.05, 4.69) is 36.1 Å². The molecule has 0 saturated carbocycles. The average molecular weight is 482 g/mol. The monoisotopic (exact) mass is 481 g/mol. The summed E-state index contributed by atoms with van der Waals surface area (Å²) in [4.78, 5) is 33.6. The molecule has 2 aromatic heterocycles. The molecule has 180 valence electrons. The van der Waals surface area contributed by atoms with Crippen LogP contribution in [0.25, 0.3) is 10.2 Å². The van der Waals surface area contributed by atoms with Crippen molar-refractivity contribution in [1.82, 2.24) is 24.5 Å². The van der Waals surface area contributed by atoms with E-state index in [4.69, 9.17) is 9.84 Å². The molecule has 0 atom stereocenters. The molecule has 0 radical (unpaired) electrons. The van der Waals surface area contributed by atoms with E-state index in [1.54, 1.807) is 0 Å². The summed E-state index contributed by atoms with van der Waals surface area (Å²) in [5.74, 6) is 0.186. The Kier molecular flexibility index (Phi) is 6.67. The third-order valence-corrected chi connectivity index (χ3v) is 7.79. The second-order valence-electron chi connectivity index (χ2n) is 9.12. The number of morpholine rings is 1. The molecule has 0 aliphatic carbocycles. The van der Waals surface area contributed by atoms with Gasteiger partial charge < -0.3 is 14.5 Å². The fourth-order valence-electron chi connectivity index (χ4n) is 4.56. The molecule has 8 nitrogen and oxygen atoms in total. The highest BCUT2D eigenvalue weighted by molar-refractivity contribution is 7.20. The maximum Gasteiger partial charge on any atom is 0.264 e. The molecule has 1 aromatic carbocycles. The topological polar surface area (TPSA) is 70.9 Å². The Balaban J connectivity index is 1.22. The average Bonchev–Trinajstić information content (AvgIpc) is 3.42. The van der Waals surface area contributed by atoms with Crippen LogP contribution in [-0.2, 0) is 16.1 Å². The van der Waals surface area contributed by atoms with Gasteiger partial charge in [-0.25, -0.2) is 0 Å². The van der Waals surface area contributed by atoms with Crippen LogP contribution in [0.5, 0.6) is 0 Å². The molecular weight excluding hydrogens is 450 g/mol. The zero-order valence-corrected chi connectivity index (χ0v) is 20.6. The summed E-state index contributed by atoms with van der Waals surface area (Å²) < 4.78 is 7.36. The number of carbonyl (C=O) groups excluding carboxylic acids is 2. The largest absolute Gasteiger partial charge is 0.379 e. The number of hydrogen-bond donors (Lipinski definition) is 0. The van der Waals surface area contributed by atoms with Crippen molar-refractivity contribution in [1.29, 1.82) is 0 Å². The Morgan fingerprint density at radius 1 is 0.971 bits per heavy atom. The van der Waals surface area contributed by atoms with Crippen molar-refractivity contribution in [2.45, 2.75) is 20.4 Å². The summed E-state index contributed by atoms with van der Waals surface area (Å²) in [6.45, 7) is 10.5. The molecule has 34 heavy (non-hydrogen) atoms. The zero-order chi connectivity index (χ0) is 23.7. The van der Waals surface area contributed by atoms with Gasteiger partial charge in [0.2, 0.25) is 5.91 Å². The van der Waals surface area contributed by atoms with Gasteiger partial charge in [0, 0.05) is 44.7 Å². The highest BCUT2D eigenvalue weighted by atomic mass is 32.1. The number of carbonyl (C=O) groups is 2. The van der Waals surface area contributed by atoms with E-state index >= 15 is 0 Å². The van der Waals surface area contributed by atoms with Gasteiger partial charge in [-0.05, 0) is 25.5 Å². The molecule has 0 spiro atoms. The van der Waals surface area contributed by atoms with E-state index in [-0.39, 0.29) is 11.8 Å². The second kappa shape index (κ2) is 9.85. The highest BCUT2D eigenvalue weighted by Crippen LogP contribution is 2.30. The second-order valence-corrected chi connectivity index (χ2v) is 10.2. The van der Waals surface area contributed by atoms with E-state index < -0.39 is 0 Å². The minimum absolute atomic E-state index is 0.0442. The third-order valence-electron chi connectivity index (χ3n) is 6.65. The molecule has 0 unspecified atom stereocenters. The molecule has 4 heterocycles. The maximum atomic E-state index is 13.3. The number of nitrogens with zero attached hydrogens (tertiary/aromatic N) is 5. The van der Waals surface area contributed by atoms with Gasteiger partial charge in [-0.2, -0.15) is 5.10 Å². The molecule has 2 amide bonds. The van der Waals surface area contributed by atoms with Crippen LogP contribution in [0, 0.1) is 13.8 Å². The van der Waals surface area contributed by atoms with Gasteiger partial charge in [0.15, 0.2) is 0 Å². The minimum Gasteiger partial charge on any atom is -0.379 e. The molecule has 5 rings (SSSR count). The van der Waals surface area contributed by atoms with Crippen molar-refractivity contribution >= 4 is 33.4 Å². The van der Waals surface area contributed by atoms with Gasteiger partial charge in [0.1, 0.15) is 4.83 Å². The molecule has 2 saturated heterocycles. The summed E-state index contributed by atoms with van der Waals surface area (Å²) in [6, 6.07) is 10.4. The van der Waals surface area contributed by atoms with Crippen LogP contribution in [0.1, 0.15) is 26.5 Å². The van der Waals surface area contributed by atoms with E-state index in [0.29, 0.717) is 52.5 Å². The highest BCUT2D eigenvalue weighted by Gasteiger charge is 2.27. The Bertz CT molecular complexity index is 1170. The molecule has 0 bridgehead atoms. The molecule has 2 aliphatic heterocycles. The van der Waals surface area contributed by atoms with Gasteiger partial charge in [0.05, 0.1) is 36.9 Å². The number of aromatic nitrogens is 2. The Labute approximate surface area is 203 Å². The fraction of sp³-hybridized carbons (Fsp3) is 0.480. The molecular formula is C25H31N5O3S. The van der Waals surface area contributed by atoms with E-state index in [0.717, 1.165) is 33.9 Å². The normalized spacial score (nSPS) is 17.5. The van der Waals surface area contributed by atoms with Crippen molar-refractivity contribution < 1.29 is 14.3 Å². The Morgan fingerprint density at radius 3 is 2.35 bits per heavy atom. The SMILES string of the molecule is Cc1ccc(Cn2nc(C)c3cc(C(=O)N4CCN(C(=O)CN5CCOCC5)CC4)sc32)cc1. The van der Waals surface area contributed by atoms with Crippen LogP contribution in [0.2, 0.25) is 0 Å². The summed E-state index contributed by atoms with van der Waals surface area (Å²) in [6.07, 6.45) is 0. The van der Waals surface area contributed by atoms with Crippen molar-refractivity contribution in [2.24, 2.45) is 0 Å². The first-order valence-corrected chi connectivity index (χ1v) is 12.7. The van der Waals surface area contributed by atoms with Gasteiger partial charge in [-0.15, -0.1) is 11.3 Å². The first-order chi connectivity index (χ1) is 16.5. The predicted molar refractivity (Wildman–Crippen MR) is 132 cm³/mol. The number of thiophene rings is 1. The van der Waals surface area contributed by atoms with Crippen LogP contribution < -0.4 is 0 Å². The first-order valence-electron chi connectivity index (χ1n) is 11.9. The van der Waals surface area contributed by atoms with Crippen molar-refractivity contribution in [2.75, 3.05) is 59.0 Å². The van der Waals surface area contributed by atoms with Crippen LogP contribution in [0.4, 0.5) is 0 Å². The minimum atomic E-state index is 0.0442. The standard InChI is InChI=1S/C25H31N5O3S/c1-18-3-5-20(6-4-18)16-30-25-21(19(2)26-30)15-22(34-25)24(32)29-9-7-28(8-10-29)23(31)17-27-11-13-33-14-12-27/h3-6,15H,7-14,16-17H2,1-2H3. The molecule has 3 aromatic rings. The Hall–Kier alpha value is -2.75. The summed E-state index contributed by atoms with van der Waals surface area (Å²) in [7, 11) is 0.